The van der Waals surface area contributed by atoms with Crippen molar-refractivity contribution in [2.45, 2.75) is 6.61 Å². The van der Waals surface area contributed by atoms with Crippen molar-refractivity contribution in [2.24, 2.45) is 0 Å². The molecule has 0 unspecified atom stereocenters. The number of Topliss-reactive ketones (excluding diaryl/α,β-unsaturated/α-hetero) is 1. The van der Waals surface area contributed by atoms with Gasteiger partial charge in [-0.3, -0.25) is 14.9 Å². The van der Waals surface area contributed by atoms with Crippen LogP contribution < -0.4 is 9.47 Å². The van der Waals surface area contributed by atoms with Gasteiger partial charge < -0.3 is 9.47 Å². The summed E-state index contributed by atoms with van der Waals surface area (Å²) < 4.78 is 11.5. The summed E-state index contributed by atoms with van der Waals surface area (Å²) in [6.45, 7) is 0.416. The molecule has 0 aliphatic carbocycles. The molecule has 6 nitrogen and oxygen atoms in total. The van der Waals surface area contributed by atoms with Gasteiger partial charge >= 0.3 is 0 Å². The highest BCUT2D eigenvalue weighted by molar-refractivity contribution is 6.14. The SMILES string of the molecule is O=C1C(=Cc2ccc([N+](=O)[O-])cc2)Oc2cc(OCc3ccccc3)ccc21. The molecular formula is C22H15NO5. The Morgan fingerprint density at radius 1 is 1.00 bits per heavy atom. The van der Waals surface area contributed by atoms with Gasteiger partial charge in [-0.25, -0.2) is 0 Å². The van der Waals surface area contributed by atoms with Crippen LogP contribution in [0.15, 0.2) is 78.6 Å². The number of rotatable bonds is 5. The molecule has 0 saturated carbocycles. The third kappa shape index (κ3) is 3.61. The van der Waals surface area contributed by atoms with E-state index in [2.05, 4.69) is 0 Å². The summed E-state index contributed by atoms with van der Waals surface area (Å²) in [7, 11) is 0. The Morgan fingerprint density at radius 3 is 2.46 bits per heavy atom. The fraction of sp³-hybridized carbons (Fsp3) is 0.0455. The van der Waals surface area contributed by atoms with Gasteiger partial charge in [0.2, 0.25) is 5.78 Å². The molecule has 0 N–H and O–H groups in total. The summed E-state index contributed by atoms with van der Waals surface area (Å²) in [4.78, 5) is 22.8. The Bertz CT molecular complexity index is 1070. The Balaban J connectivity index is 1.50. The lowest BCUT2D eigenvalue weighted by molar-refractivity contribution is -0.384. The predicted molar refractivity (Wildman–Crippen MR) is 103 cm³/mol. The van der Waals surface area contributed by atoms with E-state index in [9.17, 15) is 14.9 Å². The number of fused-ring (bicyclic) bond motifs is 1. The normalized spacial score (nSPS) is 13.9. The molecule has 1 aliphatic heterocycles. The molecule has 3 aromatic carbocycles. The van der Waals surface area contributed by atoms with Crippen molar-refractivity contribution in [3.05, 3.63) is 105 Å². The van der Waals surface area contributed by atoms with E-state index in [1.54, 1.807) is 36.4 Å². The minimum atomic E-state index is -0.471. The zero-order chi connectivity index (χ0) is 19.5. The van der Waals surface area contributed by atoms with E-state index in [1.807, 2.05) is 30.3 Å². The third-order valence-electron chi connectivity index (χ3n) is 4.29. The van der Waals surface area contributed by atoms with E-state index in [4.69, 9.17) is 9.47 Å². The monoisotopic (exact) mass is 373 g/mol. The first-order chi connectivity index (χ1) is 13.6. The largest absolute Gasteiger partial charge is 0.489 e. The van der Waals surface area contributed by atoms with Crippen LogP contribution in [0.2, 0.25) is 0 Å². The number of non-ortho nitro benzene ring substituents is 1. The van der Waals surface area contributed by atoms with Crippen LogP contribution in [0.5, 0.6) is 11.5 Å². The molecular weight excluding hydrogens is 358 g/mol. The fourth-order valence-corrected chi connectivity index (χ4v) is 2.84. The van der Waals surface area contributed by atoms with E-state index >= 15 is 0 Å². The van der Waals surface area contributed by atoms with Gasteiger partial charge in [0, 0.05) is 18.2 Å². The first-order valence-corrected chi connectivity index (χ1v) is 8.59. The zero-order valence-corrected chi connectivity index (χ0v) is 14.7. The van der Waals surface area contributed by atoms with Gasteiger partial charge in [0.25, 0.3) is 5.69 Å². The molecule has 0 aromatic heterocycles. The quantitative estimate of drug-likeness (QED) is 0.365. The standard InChI is InChI=1S/C22H15NO5/c24-22-19-11-10-18(27-14-16-4-2-1-3-5-16)13-20(19)28-21(22)12-15-6-8-17(9-7-15)23(25)26/h1-13H,14H2. The highest BCUT2D eigenvalue weighted by Crippen LogP contribution is 2.35. The molecule has 0 spiro atoms. The molecule has 0 fully saturated rings. The Hall–Kier alpha value is -3.93. The summed E-state index contributed by atoms with van der Waals surface area (Å²) in [6.07, 6.45) is 1.57. The summed E-state index contributed by atoms with van der Waals surface area (Å²) in [5.41, 5.74) is 2.13. The highest BCUT2D eigenvalue weighted by atomic mass is 16.6. The van der Waals surface area contributed by atoms with Crippen LogP contribution in [0, 0.1) is 10.1 Å². The second kappa shape index (κ2) is 7.36. The summed E-state index contributed by atoms with van der Waals surface area (Å²) in [5, 5.41) is 10.7. The minimum Gasteiger partial charge on any atom is -0.489 e. The smallest absolute Gasteiger partial charge is 0.269 e. The molecule has 0 bridgehead atoms. The maximum Gasteiger partial charge on any atom is 0.269 e. The summed E-state index contributed by atoms with van der Waals surface area (Å²) >= 11 is 0. The van der Waals surface area contributed by atoms with Gasteiger partial charge in [0.05, 0.1) is 10.5 Å². The lowest BCUT2D eigenvalue weighted by Gasteiger charge is -2.07. The van der Waals surface area contributed by atoms with E-state index in [0.717, 1.165) is 5.56 Å². The van der Waals surface area contributed by atoms with Crippen LogP contribution in [0.25, 0.3) is 6.08 Å². The molecule has 28 heavy (non-hydrogen) atoms. The number of hydrogen-bond donors (Lipinski definition) is 0. The maximum absolute atomic E-state index is 12.5. The van der Waals surface area contributed by atoms with Crippen molar-refractivity contribution in [1.29, 1.82) is 0 Å². The van der Waals surface area contributed by atoms with Crippen molar-refractivity contribution in [3.63, 3.8) is 0 Å². The maximum atomic E-state index is 12.5. The molecule has 0 amide bonds. The molecule has 6 heteroatoms. The molecule has 3 aromatic rings. The van der Waals surface area contributed by atoms with Crippen LogP contribution in [-0.2, 0) is 6.61 Å². The number of benzene rings is 3. The molecule has 0 atom stereocenters. The van der Waals surface area contributed by atoms with Gasteiger partial charge in [-0.05, 0) is 41.5 Å². The Kier molecular flexibility index (Phi) is 4.60. The van der Waals surface area contributed by atoms with E-state index < -0.39 is 4.92 Å². The first-order valence-electron chi connectivity index (χ1n) is 8.59. The number of carbonyl (C=O) groups is 1. The third-order valence-corrected chi connectivity index (χ3v) is 4.29. The number of nitro benzene ring substituents is 1. The molecule has 4 rings (SSSR count). The highest BCUT2D eigenvalue weighted by Gasteiger charge is 2.27. The molecule has 1 aliphatic rings. The van der Waals surface area contributed by atoms with Crippen LogP contribution in [0.3, 0.4) is 0 Å². The molecule has 138 valence electrons. The average molecular weight is 373 g/mol. The number of hydrogen-bond acceptors (Lipinski definition) is 5. The predicted octanol–water partition coefficient (Wildman–Crippen LogP) is 4.79. The minimum absolute atomic E-state index is 0.00990. The van der Waals surface area contributed by atoms with Crippen molar-refractivity contribution in [2.75, 3.05) is 0 Å². The van der Waals surface area contributed by atoms with Crippen molar-refractivity contribution in [1.82, 2.24) is 0 Å². The number of ketones is 1. The van der Waals surface area contributed by atoms with E-state index in [-0.39, 0.29) is 17.2 Å². The van der Waals surface area contributed by atoms with Crippen molar-refractivity contribution >= 4 is 17.5 Å². The van der Waals surface area contributed by atoms with Gasteiger partial charge in [-0.1, -0.05) is 30.3 Å². The van der Waals surface area contributed by atoms with Crippen LogP contribution in [0.1, 0.15) is 21.5 Å². The second-order valence-corrected chi connectivity index (χ2v) is 6.22. The Morgan fingerprint density at radius 2 is 1.75 bits per heavy atom. The molecule has 1 heterocycles. The van der Waals surface area contributed by atoms with E-state index in [0.29, 0.717) is 29.2 Å². The van der Waals surface area contributed by atoms with Gasteiger partial charge in [-0.15, -0.1) is 0 Å². The summed E-state index contributed by atoms with van der Waals surface area (Å²) in [5.74, 6) is 0.975. The van der Waals surface area contributed by atoms with Crippen molar-refractivity contribution in [3.8, 4) is 11.5 Å². The fourth-order valence-electron chi connectivity index (χ4n) is 2.84. The van der Waals surface area contributed by atoms with Crippen LogP contribution >= 0.6 is 0 Å². The van der Waals surface area contributed by atoms with Gasteiger partial charge in [0.15, 0.2) is 5.76 Å². The number of carbonyl (C=O) groups excluding carboxylic acids is 1. The molecule has 0 saturated heterocycles. The van der Waals surface area contributed by atoms with Crippen LogP contribution in [0.4, 0.5) is 5.69 Å². The summed E-state index contributed by atoms with van der Waals surface area (Å²) in [6, 6.07) is 20.8. The number of nitro groups is 1. The Labute approximate surface area is 160 Å². The van der Waals surface area contributed by atoms with Gasteiger partial charge in [0.1, 0.15) is 18.1 Å². The average Bonchev–Trinajstić information content (AvgIpc) is 3.02. The number of nitrogens with zero attached hydrogens (tertiary/aromatic N) is 1. The lowest BCUT2D eigenvalue weighted by Crippen LogP contribution is -1.98. The zero-order valence-electron chi connectivity index (χ0n) is 14.7. The molecule has 0 radical (unpaired) electrons. The first kappa shape index (κ1) is 17.5. The lowest BCUT2D eigenvalue weighted by atomic mass is 10.1. The topological polar surface area (TPSA) is 78.7 Å². The van der Waals surface area contributed by atoms with E-state index in [1.165, 1.54) is 12.1 Å². The number of allylic oxidation sites excluding steroid dienone is 1. The second-order valence-electron chi connectivity index (χ2n) is 6.22. The van der Waals surface area contributed by atoms with Gasteiger partial charge in [-0.2, -0.15) is 0 Å². The van der Waals surface area contributed by atoms with Crippen molar-refractivity contribution < 1.29 is 19.2 Å². The van der Waals surface area contributed by atoms with Crippen LogP contribution in [-0.4, -0.2) is 10.7 Å². The number of ether oxygens (including phenoxy) is 2.